The molecule has 0 saturated carbocycles. The molecular formula is C26H22N4O2S. The van der Waals surface area contributed by atoms with Crippen molar-refractivity contribution in [3.8, 4) is 17.0 Å². The van der Waals surface area contributed by atoms with Crippen molar-refractivity contribution in [2.75, 3.05) is 19.1 Å². The van der Waals surface area contributed by atoms with Gasteiger partial charge in [0.05, 0.1) is 25.0 Å². The van der Waals surface area contributed by atoms with Crippen LogP contribution in [0.5, 0.6) is 5.75 Å². The molecule has 0 N–H and O–H groups in total. The maximum absolute atomic E-state index is 13.1. The number of carbonyl (C=O) groups excluding carboxylic acids is 1. The Labute approximate surface area is 195 Å². The maximum Gasteiger partial charge on any atom is 0.279 e. The molecule has 33 heavy (non-hydrogen) atoms. The van der Waals surface area contributed by atoms with Crippen LogP contribution in [-0.4, -0.2) is 30.5 Å². The minimum absolute atomic E-state index is 0.144. The Morgan fingerprint density at radius 3 is 2.39 bits per heavy atom. The Hall–Kier alpha value is -3.97. The second-order valence-electron chi connectivity index (χ2n) is 7.55. The number of rotatable bonds is 5. The van der Waals surface area contributed by atoms with Crippen molar-refractivity contribution in [1.82, 2.24) is 4.68 Å². The summed E-state index contributed by atoms with van der Waals surface area (Å²) in [6.07, 6.45) is 0. The van der Waals surface area contributed by atoms with Gasteiger partial charge in [0, 0.05) is 23.6 Å². The largest absolute Gasteiger partial charge is 0.496 e. The minimum Gasteiger partial charge on any atom is -0.496 e. The fraction of sp³-hybridized carbons (Fsp3) is 0.115. The SMILES string of the molecule is COc1ccccc1-c1csc(=NCc2ccccc2)n1N=C1C(=O)N(C)c2ccccc21. The number of thiazole rings is 1. The average Bonchev–Trinajstić information content (AvgIpc) is 3.37. The van der Waals surface area contributed by atoms with Crippen molar-refractivity contribution in [3.63, 3.8) is 0 Å². The summed E-state index contributed by atoms with van der Waals surface area (Å²) in [6.45, 7) is 0.516. The van der Waals surface area contributed by atoms with Gasteiger partial charge >= 0.3 is 0 Å². The van der Waals surface area contributed by atoms with Gasteiger partial charge in [0.1, 0.15) is 5.75 Å². The lowest BCUT2D eigenvalue weighted by Gasteiger charge is -2.09. The van der Waals surface area contributed by atoms with E-state index in [0.717, 1.165) is 33.8 Å². The molecule has 2 heterocycles. The summed E-state index contributed by atoms with van der Waals surface area (Å²) < 4.78 is 7.35. The fourth-order valence-electron chi connectivity index (χ4n) is 3.83. The van der Waals surface area contributed by atoms with E-state index >= 15 is 0 Å². The highest BCUT2D eigenvalue weighted by Gasteiger charge is 2.31. The first kappa shape index (κ1) is 20.9. The fourth-order valence-corrected chi connectivity index (χ4v) is 4.66. The van der Waals surface area contributed by atoms with Crippen molar-refractivity contribution in [2.45, 2.75) is 6.54 Å². The molecule has 5 rings (SSSR count). The normalized spacial score (nSPS) is 14.7. The van der Waals surface area contributed by atoms with Gasteiger partial charge in [-0.1, -0.05) is 60.7 Å². The summed E-state index contributed by atoms with van der Waals surface area (Å²) in [5.74, 6) is 0.587. The lowest BCUT2D eigenvalue weighted by molar-refractivity contribution is -0.112. The third kappa shape index (κ3) is 3.87. The van der Waals surface area contributed by atoms with Gasteiger partial charge in [-0.3, -0.25) is 9.79 Å². The van der Waals surface area contributed by atoms with E-state index in [0.29, 0.717) is 17.1 Å². The highest BCUT2D eigenvalue weighted by atomic mass is 32.1. The highest BCUT2D eigenvalue weighted by Crippen LogP contribution is 2.31. The molecule has 3 aromatic carbocycles. The number of anilines is 1. The second-order valence-corrected chi connectivity index (χ2v) is 8.38. The Morgan fingerprint density at radius 1 is 0.909 bits per heavy atom. The molecule has 1 aliphatic rings. The number of hydrogen-bond donors (Lipinski definition) is 0. The number of amides is 1. The molecule has 0 saturated heterocycles. The van der Waals surface area contributed by atoms with Crippen molar-refractivity contribution in [3.05, 3.63) is 100 Å². The van der Waals surface area contributed by atoms with Crippen molar-refractivity contribution < 1.29 is 9.53 Å². The molecule has 164 valence electrons. The molecule has 1 amide bonds. The lowest BCUT2D eigenvalue weighted by atomic mass is 10.1. The van der Waals surface area contributed by atoms with Crippen LogP contribution in [0.1, 0.15) is 11.1 Å². The summed E-state index contributed by atoms with van der Waals surface area (Å²) in [4.78, 5) is 20.2. The molecule has 0 radical (unpaired) electrons. The number of aromatic nitrogens is 1. The van der Waals surface area contributed by atoms with E-state index in [1.807, 2.05) is 84.2 Å². The number of carbonyl (C=O) groups is 1. The van der Waals surface area contributed by atoms with Crippen molar-refractivity contribution in [1.29, 1.82) is 0 Å². The van der Waals surface area contributed by atoms with Crippen LogP contribution in [0.2, 0.25) is 0 Å². The minimum atomic E-state index is -0.144. The highest BCUT2D eigenvalue weighted by molar-refractivity contribution is 7.07. The molecule has 1 aromatic heterocycles. The van der Waals surface area contributed by atoms with E-state index in [9.17, 15) is 4.79 Å². The van der Waals surface area contributed by atoms with E-state index in [-0.39, 0.29) is 5.91 Å². The predicted molar refractivity (Wildman–Crippen MR) is 132 cm³/mol. The van der Waals surface area contributed by atoms with Gasteiger partial charge in [-0.05, 0) is 23.8 Å². The van der Waals surface area contributed by atoms with Crippen molar-refractivity contribution >= 4 is 28.6 Å². The summed E-state index contributed by atoms with van der Waals surface area (Å²) in [7, 11) is 3.41. The van der Waals surface area contributed by atoms with Crippen LogP contribution < -0.4 is 14.4 Å². The number of likely N-dealkylation sites (N-methyl/N-ethyl adjacent to an activating group) is 1. The molecule has 7 heteroatoms. The predicted octanol–water partition coefficient (Wildman–Crippen LogP) is 4.55. The number of methoxy groups -OCH3 is 1. The topological polar surface area (TPSA) is 59.2 Å². The van der Waals surface area contributed by atoms with Gasteiger partial charge in [0.25, 0.3) is 5.91 Å². The first-order chi connectivity index (χ1) is 16.2. The molecule has 4 aromatic rings. The number of nitrogens with zero attached hydrogens (tertiary/aromatic N) is 4. The van der Waals surface area contributed by atoms with Crippen LogP contribution >= 0.6 is 11.3 Å². The maximum atomic E-state index is 13.1. The van der Waals surface area contributed by atoms with Crippen LogP contribution in [0.3, 0.4) is 0 Å². The molecular weight excluding hydrogens is 432 g/mol. The first-order valence-electron chi connectivity index (χ1n) is 10.5. The average molecular weight is 455 g/mol. The third-order valence-electron chi connectivity index (χ3n) is 5.54. The van der Waals surface area contributed by atoms with Crippen LogP contribution in [-0.2, 0) is 11.3 Å². The zero-order valence-electron chi connectivity index (χ0n) is 18.3. The standard InChI is InChI=1S/C26H22N4O2S/c1-29-21-14-8-6-13-20(21)24(25(29)31)28-30-22(19-12-7-9-15-23(19)32-2)17-33-26(30)27-16-18-10-4-3-5-11-18/h3-15,17H,16H2,1-2H3. The Bertz CT molecular complexity index is 1420. The van der Waals surface area contributed by atoms with Gasteiger partial charge in [-0.15, -0.1) is 11.3 Å². The van der Waals surface area contributed by atoms with E-state index in [1.54, 1.807) is 23.7 Å². The Balaban J connectivity index is 1.70. The lowest BCUT2D eigenvalue weighted by Crippen LogP contribution is -2.27. The zero-order chi connectivity index (χ0) is 22.8. The first-order valence-corrected chi connectivity index (χ1v) is 11.4. The van der Waals surface area contributed by atoms with Crippen LogP contribution in [0.15, 0.2) is 94.3 Å². The van der Waals surface area contributed by atoms with Gasteiger partial charge < -0.3 is 9.64 Å². The number of benzene rings is 3. The molecule has 0 unspecified atom stereocenters. The quantitative estimate of drug-likeness (QED) is 0.444. The molecule has 0 bridgehead atoms. The smallest absolute Gasteiger partial charge is 0.279 e. The van der Waals surface area contributed by atoms with E-state index < -0.39 is 0 Å². The van der Waals surface area contributed by atoms with Crippen LogP contribution in [0, 0.1) is 0 Å². The summed E-state index contributed by atoms with van der Waals surface area (Å²) in [5, 5.41) is 6.86. The number of hydrogen-bond acceptors (Lipinski definition) is 5. The monoisotopic (exact) mass is 454 g/mol. The van der Waals surface area contributed by atoms with Gasteiger partial charge in [-0.2, -0.15) is 5.10 Å². The number of fused-ring (bicyclic) bond motifs is 1. The van der Waals surface area contributed by atoms with Crippen molar-refractivity contribution in [2.24, 2.45) is 10.1 Å². The van der Waals surface area contributed by atoms with Gasteiger partial charge in [0.2, 0.25) is 4.80 Å². The van der Waals surface area contributed by atoms with E-state index in [4.69, 9.17) is 14.8 Å². The van der Waals surface area contributed by atoms with Gasteiger partial charge in [0.15, 0.2) is 5.71 Å². The molecule has 6 nitrogen and oxygen atoms in total. The molecule has 0 fully saturated rings. The third-order valence-corrected chi connectivity index (χ3v) is 6.39. The molecule has 0 aliphatic carbocycles. The number of ether oxygens (including phenoxy) is 1. The zero-order valence-corrected chi connectivity index (χ0v) is 19.1. The van der Waals surface area contributed by atoms with Gasteiger partial charge in [-0.25, -0.2) is 4.68 Å². The molecule has 0 atom stereocenters. The second kappa shape index (κ2) is 8.88. The molecule has 1 aliphatic heterocycles. The van der Waals surface area contributed by atoms with E-state index in [2.05, 4.69) is 0 Å². The summed E-state index contributed by atoms with van der Waals surface area (Å²) in [5.41, 5.74) is 4.85. The number of para-hydroxylation sites is 2. The summed E-state index contributed by atoms with van der Waals surface area (Å²) in [6, 6.07) is 25.5. The van der Waals surface area contributed by atoms with Crippen LogP contribution in [0.4, 0.5) is 5.69 Å². The Kier molecular flexibility index (Phi) is 5.62. The van der Waals surface area contributed by atoms with Crippen LogP contribution in [0.25, 0.3) is 11.3 Å². The summed E-state index contributed by atoms with van der Waals surface area (Å²) >= 11 is 1.48. The Morgan fingerprint density at radius 2 is 1.61 bits per heavy atom. The molecule has 0 spiro atoms. The van der Waals surface area contributed by atoms with E-state index in [1.165, 1.54) is 11.3 Å².